The minimum atomic E-state index is -0.314. The Hall–Kier alpha value is -0.450. The second-order valence-electron chi connectivity index (χ2n) is 3.38. The lowest BCUT2D eigenvalue weighted by atomic mass is 9.89. The summed E-state index contributed by atoms with van der Waals surface area (Å²) in [5, 5.41) is 0. The van der Waals surface area contributed by atoms with Gasteiger partial charge in [0.1, 0.15) is 12.2 Å². The molecule has 0 radical (unpaired) electrons. The third kappa shape index (κ3) is 1.75. The Kier molecular flexibility index (Phi) is 2.62. The van der Waals surface area contributed by atoms with Gasteiger partial charge in [0.25, 0.3) is 0 Å². The monoisotopic (exact) mass is 186 g/mol. The van der Waals surface area contributed by atoms with E-state index in [1.165, 1.54) is 0 Å². The van der Waals surface area contributed by atoms with Gasteiger partial charge in [0.05, 0.1) is 19.3 Å². The summed E-state index contributed by atoms with van der Waals surface area (Å²) in [5.41, 5.74) is 0. The van der Waals surface area contributed by atoms with Gasteiger partial charge in [-0.1, -0.05) is 0 Å². The first-order valence-corrected chi connectivity index (χ1v) is 4.68. The van der Waals surface area contributed by atoms with E-state index in [0.29, 0.717) is 26.2 Å². The van der Waals surface area contributed by atoms with Crippen LogP contribution in [0.1, 0.15) is 13.3 Å². The van der Waals surface area contributed by atoms with E-state index in [9.17, 15) is 4.79 Å². The highest BCUT2D eigenvalue weighted by atomic mass is 16.6. The highest BCUT2D eigenvalue weighted by Gasteiger charge is 2.43. The Morgan fingerprint density at radius 1 is 1.54 bits per heavy atom. The van der Waals surface area contributed by atoms with Gasteiger partial charge in [-0.25, -0.2) is 0 Å². The molecule has 0 aromatic carbocycles. The molecule has 1 aliphatic carbocycles. The first-order chi connectivity index (χ1) is 6.31. The van der Waals surface area contributed by atoms with Crippen molar-refractivity contribution in [2.45, 2.75) is 31.7 Å². The molecule has 2 atom stereocenters. The van der Waals surface area contributed by atoms with E-state index in [2.05, 4.69) is 0 Å². The number of rotatable bonds is 4. The van der Waals surface area contributed by atoms with E-state index in [4.69, 9.17) is 14.2 Å². The van der Waals surface area contributed by atoms with Crippen LogP contribution in [-0.4, -0.2) is 43.9 Å². The summed E-state index contributed by atoms with van der Waals surface area (Å²) in [5.74, 6) is 0.159. The van der Waals surface area contributed by atoms with Crippen molar-refractivity contribution < 1.29 is 19.0 Å². The summed E-state index contributed by atoms with van der Waals surface area (Å²) >= 11 is 0. The Morgan fingerprint density at radius 3 is 2.77 bits per heavy atom. The average Bonchev–Trinajstić information content (AvgIpc) is 2.04. The van der Waals surface area contributed by atoms with Crippen molar-refractivity contribution >= 4 is 5.78 Å². The Balaban J connectivity index is 1.76. The van der Waals surface area contributed by atoms with E-state index < -0.39 is 0 Å². The predicted molar refractivity (Wildman–Crippen MR) is 44.5 cm³/mol. The standard InChI is InChI=1S/C9H14O4/c1-2-12-9-7(10)3-8(9)13-6-4-11-5-6/h6,8-9H,2-5H2,1H3. The molecule has 0 spiro atoms. The normalized spacial score (nSPS) is 34.1. The number of ether oxygens (including phenoxy) is 3. The number of carbonyl (C=O) groups is 1. The molecule has 2 rings (SSSR count). The number of hydrogen-bond acceptors (Lipinski definition) is 4. The molecule has 4 heteroatoms. The second kappa shape index (κ2) is 3.74. The fraction of sp³-hybridized carbons (Fsp3) is 0.889. The SMILES string of the molecule is CCOC1C(=O)CC1OC1COC1. The van der Waals surface area contributed by atoms with E-state index in [-0.39, 0.29) is 24.1 Å². The van der Waals surface area contributed by atoms with Crippen molar-refractivity contribution in [1.29, 1.82) is 0 Å². The van der Waals surface area contributed by atoms with Crippen molar-refractivity contribution in [3.05, 3.63) is 0 Å². The lowest BCUT2D eigenvalue weighted by molar-refractivity contribution is -0.206. The topological polar surface area (TPSA) is 44.8 Å². The quantitative estimate of drug-likeness (QED) is 0.627. The summed E-state index contributed by atoms with van der Waals surface area (Å²) in [7, 11) is 0. The summed E-state index contributed by atoms with van der Waals surface area (Å²) < 4.78 is 15.8. The van der Waals surface area contributed by atoms with Gasteiger partial charge < -0.3 is 14.2 Å². The Morgan fingerprint density at radius 2 is 2.31 bits per heavy atom. The number of ketones is 1. The maximum atomic E-state index is 11.1. The molecule has 74 valence electrons. The molecule has 0 bridgehead atoms. The van der Waals surface area contributed by atoms with Crippen LogP contribution in [0.25, 0.3) is 0 Å². The second-order valence-corrected chi connectivity index (χ2v) is 3.38. The van der Waals surface area contributed by atoms with Gasteiger partial charge in [-0.15, -0.1) is 0 Å². The van der Waals surface area contributed by atoms with Crippen LogP contribution in [0.5, 0.6) is 0 Å². The molecule has 1 saturated carbocycles. The lowest BCUT2D eigenvalue weighted by Crippen LogP contribution is -2.54. The molecule has 1 aliphatic heterocycles. The van der Waals surface area contributed by atoms with Crippen molar-refractivity contribution in [3.8, 4) is 0 Å². The molecule has 1 heterocycles. The zero-order valence-electron chi connectivity index (χ0n) is 7.69. The summed E-state index contributed by atoms with van der Waals surface area (Å²) in [6.07, 6.45) is 0.342. The van der Waals surface area contributed by atoms with Crippen LogP contribution in [-0.2, 0) is 19.0 Å². The van der Waals surface area contributed by atoms with E-state index >= 15 is 0 Å². The molecule has 1 saturated heterocycles. The molecule has 0 aromatic rings. The van der Waals surface area contributed by atoms with Crippen LogP contribution in [0, 0.1) is 0 Å². The van der Waals surface area contributed by atoms with Gasteiger partial charge >= 0.3 is 0 Å². The molecule has 2 aliphatic rings. The zero-order chi connectivity index (χ0) is 9.26. The third-order valence-electron chi connectivity index (χ3n) is 2.38. The summed E-state index contributed by atoms with van der Waals surface area (Å²) in [4.78, 5) is 11.1. The first-order valence-electron chi connectivity index (χ1n) is 4.68. The van der Waals surface area contributed by atoms with Crippen LogP contribution in [0.3, 0.4) is 0 Å². The van der Waals surface area contributed by atoms with Crippen molar-refractivity contribution in [2.75, 3.05) is 19.8 Å². The zero-order valence-corrected chi connectivity index (χ0v) is 7.69. The van der Waals surface area contributed by atoms with Crippen LogP contribution < -0.4 is 0 Å². The van der Waals surface area contributed by atoms with Crippen molar-refractivity contribution in [1.82, 2.24) is 0 Å². The Bertz CT molecular complexity index is 200. The average molecular weight is 186 g/mol. The minimum Gasteiger partial charge on any atom is -0.376 e. The number of Topliss-reactive ketones (excluding diaryl/α,β-unsaturated/α-hetero) is 1. The smallest absolute Gasteiger partial charge is 0.166 e. The number of hydrogen-bond donors (Lipinski definition) is 0. The van der Waals surface area contributed by atoms with Gasteiger partial charge in [0.2, 0.25) is 0 Å². The predicted octanol–water partition coefficient (Wildman–Crippen LogP) is 0.148. The van der Waals surface area contributed by atoms with Gasteiger partial charge in [-0.2, -0.15) is 0 Å². The fourth-order valence-corrected chi connectivity index (χ4v) is 1.51. The molecule has 2 unspecified atom stereocenters. The summed E-state index contributed by atoms with van der Waals surface area (Å²) in [6.45, 7) is 3.76. The molecular formula is C9H14O4. The van der Waals surface area contributed by atoms with E-state index in [0.717, 1.165) is 0 Å². The van der Waals surface area contributed by atoms with E-state index in [1.807, 2.05) is 6.92 Å². The molecule has 13 heavy (non-hydrogen) atoms. The number of carbonyl (C=O) groups excluding carboxylic acids is 1. The lowest BCUT2D eigenvalue weighted by Gasteiger charge is -2.39. The van der Waals surface area contributed by atoms with E-state index in [1.54, 1.807) is 0 Å². The van der Waals surface area contributed by atoms with Crippen LogP contribution >= 0.6 is 0 Å². The first kappa shape index (κ1) is 9.12. The molecule has 4 nitrogen and oxygen atoms in total. The maximum Gasteiger partial charge on any atom is 0.166 e. The molecular weight excluding hydrogens is 172 g/mol. The molecule has 0 amide bonds. The minimum absolute atomic E-state index is 0.0265. The van der Waals surface area contributed by atoms with Gasteiger partial charge in [0.15, 0.2) is 5.78 Å². The maximum absolute atomic E-state index is 11.1. The highest BCUT2D eigenvalue weighted by Crippen LogP contribution is 2.25. The van der Waals surface area contributed by atoms with Gasteiger partial charge in [-0.05, 0) is 6.92 Å². The molecule has 2 fully saturated rings. The third-order valence-corrected chi connectivity index (χ3v) is 2.38. The molecule has 0 N–H and O–H groups in total. The summed E-state index contributed by atoms with van der Waals surface area (Å²) in [6, 6.07) is 0. The van der Waals surface area contributed by atoms with Crippen molar-refractivity contribution in [2.24, 2.45) is 0 Å². The van der Waals surface area contributed by atoms with Crippen LogP contribution in [0.2, 0.25) is 0 Å². The molecule has 0 aromatic heterocycles. The van der Waals surface area contributed by atoms with Gasteiger partial charge in [-0.3, -0.25) is 4.79 Å². The largest absolute Gasteiger partial charge is 0.376 e. The Labute approximate surface area is 77.1 Å². The van der Waals surface area contributed by atoms with Crippen LogP contribution in [0.4, 0.5) is 0 Å². The van der Waals surface area contributed by atoms with Gasteiger partial charge in [0, 0.05) is 13.0 Å². The van der Waals surface area contributed by atoms with Crippen LogP contribution in [0.15, 0.2) is 0 Å². The highest BCUT2D eigenvalue weighted by molar-refractivity contribution is 5.90. The van der Waals surface area contributed by atoms with Crippen molar-refractivity contribution in [3.63, 3.8) is 0 Å². The fourth-order valence-electron chi connectivity index (χ4n) is 1.51.